The molecule has 45 heavy (non-hydrogen) atoms. The van der Waals surface area contributed by atoms with Crippen molar-refractivity contribution in [2.45, 2.75) is 46.0 Å². The molecule has 0 amide bonds. The molecule has 0 bridgehead atoms. The number of fused-ring (bicyclic) bond motifs is 6. The van der Waals surface area contributed by atoms with Gasteiger partial charge in [0.25, 0.3) is 0 Å². The van der Waals surface area contributed by atoms with Crippen LogP contribution < -0.4 is 4.90 Å². The Kier molecular flexibility index (Phi) is 5.97. The van der Waals surface area contributed by atoms with Crippen LogP contribution in [0.4, 0.5) is 11.4 Å². The third kappa shape index (κ3) is 4.15. The van der Waals surface area contributed by atoms with Crippen LogP contribution in [-0.2, 0) is 6.42 Å². The summed E-state index contributed by atoms with van der Waals surface area (Å²) in [4.78, 5) is 2.43. The van der Waals surface area contributed by atoms with Crippen LogP contribution in [-0.4, -0.2) is 0 Å². The number of hydrogen-bond acceptors (Lipinski definition) is 2. The molecule has 1 heterocycles. The van der Waals surface area contributed by atoms with E-state index in [4.69, 9.17) is 4.42 Å². The Hall–Kier alpha value is -4.82. The highest BCUT2D eigenvalue weighted by Crippen LogP contribution is 2.58. The molecule has 0 saturated heterocycles. The second-order valence-electron chi connectivity index (χ2n) is 13.6. The molecule has 0 aliphatic heterocycles. The zero-order chi connectivity index (χ0) is 30.1. The molecule has 1 atom stereocenters. The Morgan fingerprint density at radius 1 is 0.778 bits per heavy atom. The van der Waals surface area contributed by atoms with E-state index < -0.39 is 0 Å². The van der Waals surface area contributed by atoms with Crippen LogP contribution in [0.2, 0.25) is 0 Å². The van der Waals surface area contributed by atoms with E-state index in [0.717, 1.165) is 43.4 Å². The Morgan fingerprint density at radius 3 is 2.42 bits per heavy atom. The van der Waals surface area contributed by atoms with Gasteiger partial charge >= 0.3 is 0 Å². The van der Waals surface area contributed by atoms with Crippen LogP contribution in [0.3, 0.4) is 0 Å². The van der Waals surface area contributed by atoms with Crippen LogP contribution in [0.25, 0.3) is 33.4 Å². The lowest BCUT2D eigenvalue weighted by molar-refractivity contribution is 0.315. The molecule has 2 heteroatoms. The molecule has 1 unspecified atom stereocenters. The average Bonchev–Trinajstić information content (AvgIpc) is 3.56. The molecule has 0 spiro atoms. The molecule has 0 saturated carbocycles. The topological polar surface area (TPSA) is 16.4 Å². The molecule has 4 aromatic carbocycles. The van der Waals surface area contributed by atoms with Gasteiger partial charge in [0.2, 0.25) is 0 Å². The zero-order valence-corrected chi connectivity index (χ0v) is 26.0. The fourth-order valence-corrected chi connectivity index (χ4v) is 8.36. The van der Waals surface area contributed by atoms with Gasteiger partial charge in [0, 0.05) is 40.1 Å². The van der Waals surface area contributed by atoms with E-state index >= 15 is 0 Å². The maximum atomic E-state index is 6.38. The second-order valence-corrected chi connectivity index (χ2v) is 13.6. The van der Waals surface area contributed by atoms with E-state index in [1.54, 1.807) is 11.1 Å². The summed E-state index contributed by atoms with van der Waals surface area (Å²) >= 11 is 0. The summed E-state index contributed by atoms with van der Waals surface area (Å²) in [5.41, 5.74) is 13.4. The van der Waals surface area contributed by atoms with E-state index in [1.165, 1.54) is 55.5 Å². The van der Waals surface area contributed by atoms with Crippen molar-refractivity contribution in [3.8, 4) is 0 Å². The van der Waals surface area contributed by atoms with Crippen LogP contribution in [0.15, 0.2) is 142 Å². The van der Waals surface area contributed by atoms with E-state index in [-0.39, 0.29) is 5.41 Å². The Morgan fingerprint density at radius 2 is 1.58 bits per heavy atom. The summed E-state index contributed by atoms with van der Waals surface area (Å²) in [5, 5.41) is 3.78. The van der Waals surface area contributed by atoms with Gasteiger partial charge < -0.3 is 9.32 Å². The molecular weight excluding hydrogens is 546 g/mol. The molecule has 2 nitrogen and oxygen atoms in total. The van der Waals surface area contributed by atoms with Crippen molar-refractivity contribution in [2.24, 2.45) is 11.3 Å². The van der Waals surface area contributed by atoms with Crippen molar-refractivity contribution in [1.29, 1.82) is 0 Å². The van der Waals surface area contributed by atoms with Crippen molar-refractivity contribution >= 4 is 44.8 Å². The number of para-hydroxylation sites is 1. The molecule has 0 N–H and O–H groups in total. The van der Waals surface area contributed by atoms with Gasteiger partial charge in [-0.25, -0.2) is 0 Å². The second kappa shape index (κ2) is 10.1. The number of rotatable bonds is 4. The summed E-state index contributed by atoms with van der Waals surface area (Å²) in [6, 6.07) is 33.1. The van der Waals surface area contributed by atoms with Crippen LogP contribution in [0.5, 0.6) is 0 Å². The summed E-state index contributed by atoms with van der Waals surface area (Å²) in [6.45, 7) is 4.88. The van der Waals surface area contributed by atoms with E-state index in [1.807, 2.05) is 0 Å². The minimum Gasteiger partial charge on any atom is -0.460 e. The standard InChI is InChI=1S/C43H37NO/c1-43(2)38-25-30(21-24-34(38)36-26-37-35-16-8-9-18-41(35)45-42(37)27-39(36)43)28-19-22-32(23-20-28)44(31-13-4-3-5-14-31)40-17-10-12-29-11-6-7-15-33(29)40/h4,6-20,22-23,25-26,39H,3,5,21,24,27H2,1-2H3. The number of furan rings is 1. The van der Waals surface area contributed by atoms with Gasteiger partial charge in [0.15, 0.2) is 0 Å². The Bertz CT molecular complexity index is 2160. The predicted octanol–water partition coefficient (Wildman–Crippen LogP) is 11.7. The first-order chi connectivity index (χ1) is 22.1. The molecular formula is C43H37NO. The van der Waals surface area contributed by atoms with Gasteiger partial charge in [-0.05, 0) is 101 Å². The number of hydrogen-bond donors (Lipinski definition) is 0. The highest BCUT2D eigenvalue weighted by atomic mass is 16.3. The SMILES string of the molecule is CC1(C)C2=C(CCC(c3ccc(N(C4=CCCC=C4)c4cccc5ccccc45)cc3)=C2)C2=Cc3c(oc4ccccc34)CC21. The third-order valence-corrected chi connectivity index (χ3v) is 10.7. The zero-order valence-electron chi connectivity index (χ0n) is 26.0. The largest absolute Gasteiger partial charge is 0.460 e. The monoisotopic (exact) mass is 583 g/mol. The smallest absolute Gasteiger partial charge is 0.134 e. The summed E-state index contributed by atoms with van der Waals surface area (Å²) < 4.78 is 6.38. The minimum absolute atomic E-state index is 0.0639. The summed E-state index contributed by atoms with van der Waals surface area (Å²) in [6.07, 6.45) is 17.3. The molecule has 0 radical (unpaired) electrons. The molecule has 220 valence electrons. The van der Waals surface area contributed by atoms with Crippen molar-refractivity contribution in [1.82, 2.24) is 0 Å². The number of anilines is 2. The fourth-order valence-electron chi connectivity index (χ4n) is 8.36. The van der Waals surface area contributed by atoms with Gasteiger partial charge in [-0.15, -0.1) is 0 Å². The van der Waals surface area contributed by atoms with Crippen LogP contribution in [0.1, 0.15) is 56.4 Å². The van der Waals surface area contributed by atoms with E-state index in [9.17, 15) is 0 Å². The van der Waals surface area contributed by atoms with E-state index in [2.05, 4.69) is 140 Å². The van der Waals surface area contributed by atoms with Gasteiger partial charge in [0.1, 0.15) is 11.3 Å². The molecule has 0 fully saturated rings. The Balaban J connectivity index is 1.09. The number of benzene rings is 4. The minimum atomic E-state index is 0.0639. The average molecular weight is 584 g/mol. The lowest BCUT2D eigenvalue weighted by atomic mass is 9.71. The molecule has 4 aliphatic rings. The Labute approximate surface area is 265 Å². The van der Waals surface area contributed by atoms with Gasteiger partial charge in [0.05, 0.1) is 5.69 Å². The quantitative estimate of drug-likeness (QED) is 0.209. The van der Waals surface area contributed by atoms with Crippen molar-refractivity contribution in [3.63, 3.8) is 0 Å². The number of allylic oxidation sites excluding steroid dienone is 8. The lowest BCUT2D eigenvalue weighted by Crippen LogP contribution is -2.25. The molecule has 1 aromatic heterocycles. The number of nitrogens with zero attached hydrogens (tertiary/aromatic N) is 1. The van der Waals surface area contributed by atoms with Gasteiger partial charge in [-0.2, -0.15) is 0 Å². The molecule has 4 aliphatic carbocycles. The molecule has 5 aromatic rings. The molecule has 9 rings (SSSR count). The normalized spacial score (nSPS) is 20.0. The van der Waals surface area contributed by atoms with Gasteiger partial charge in [-0.1, -0.05) is 98.8 Å². The van der Waals surface area contributed by atoms with Gasteiger partial charge in [-0.3, -0.25) is 0 Å². The summed E-state index contributed by atoms with van der Waals surface area (Å²) in [7, 11) is 0. The fraction of sp³-hybridized carbons (Fsp3) is 0.209. The predicted molar refractivity (Wildman–Crippen MR) is 188 cm³/mol. The first-order valence-corrected chi connectivity index (χ1v) is 16.5. The first kappa shape index (κ1) is 26.6. The van der Waals surface area contributed by atoms with Crippen molar-refractivity contribution < 1.29 is 4.42 Å². The third-order valence-electron chi connectivity index (χ3n) is 10.7. The van der Waals surface area contributed by atoms with Crippen LogP contribution in [0, 0.1) is 11.3 Å². The maximum Gasteiger partial charge on any atom is 0.134 e. The highest BCUT2D eigenvalue weighted by Gasteiger charge is 2.47. The first-order valence-electron chi connectivity index (χ1n) is 16.5. The van der Waals surface area contributed by atoms with E-state index in [0.29, 0.717) is 5.92 Å². The summed E-state index contributed by atoms with van der Waals surface area (Å²) in [5.74, 6) is 1.61. The highest BCUT2D eigenvalue weighted by molar-refractivity contribution is 5.97. The lowest BCUT2D eigenvalue weighted by Gasteiger charge is -2.32. The maximum absolute atomic E-state index is 6.38. The van der Waals surface area contributed by atoms with Crippen LogP contribution >= 0.6 is 0 Å². The van der Waals surface area contributed by atoms with Crippen molar-refractivity contribution in [3.05, 3.63) is 155 Å². The van der Waals surface area contributed by atoms with Crippen molar-refractivity contribution in [2.75, 3.05) is 4.90 Å².